The van der Waals surface area contributed by atoms with E-state index >= 15 is 0 Å². The van der Waals surface area contributed by atoms with Gasteiger partial charge < -0.3 is 19.9 Å². The van der Waals surface area contributed by atoms with Gasteiger partial charge in [-0.1, -0.05) is 23.7 Å². The molecule has 0 unspecified atom stereocenters. The number of aromatic hydroxyl groups is 1. The van der Waals surface area contributed by atoms with E-state index in [4.69, 9.17) is 16.0 Å². The first-order chi connectivity index (χ1) is 11.6. The number of phenols is 1. The minimum absolute atomic E-state index is 0.0252. The standard InChI is InChI=1S/C17H18ClN3O3/c1-11-13(5-8-24-11)15-9-16(21(20-15)6-7-22)19-10-12-3-2-4-14(18)17(12)23/h2-5,8-9,19,22-23H,6-7,10H2,1H3. The number of aromatic nitrogens is 2. The van der Waals surface area contributed by atoms with Gasteiger partial charge in [-0.25, -0.2) is 4.68 Å². The molecular weight excluding hydrogens is 330 g/mol. The Morgan fingerprint density at radius 1 is 1.33 bits per heavy atom. The molecule has 3 aromatic rings. The van der Waals surface area contributed by atoms with E-state index in [1.807, 2.05) is 19.1 Å². The van der Waals surface area contributed by atoms with Crippen LogP contribution >= 0.6 is 11.6 Å². The van der Waals surface area contributed by atoms with Gasteiger partial charge in [0, 0.05) is 23.7 Å². The number of halogens is 1. The molecule has 0 atom stereocenters. The molecule has 0 saturated carbocycles. The molecule has 0 spiro atoms. The van der Waals surface area contributed by atoms with Gasteiger partial charge in [-0.2, -0.15) is 5.10 Å². The zero-order valence-electron chi connectivity index (χ0n) is 13.2. The molecule has 0 saturated heterocycles. The number of para-hydroxylation sites is 1. The summed E-state index contributed by atoms with van der Waals surface area (Å²) in [6.07, 6.45) is 1.62. The zero-order valence-corrected chi connectivity index (χ0v) is 13.9. The molecule has 6 nitrogen and oxygen atoms in total. The van der Waals surface area contributed by atoms with Crippen LogP contribution in [0.15, 0.2) is 41.0 Å². The number of rotatable bonds is 6. The van der Waals surface area contributed by atoms with Crippen molar-refractivity contribution in [1.82, 2.24) is 9.78 Å². The Labute approximate surface area is 144 Å². The maximum Gasteiger partial charge on any atom is 0.139 e. The summed E-state index contributed by atoms with van der Waals surface area (Å²) in [6.45, 7) is 2.59. The third-order valence-corrected chi connectivity index (χ3v) is 4.06. The van der Waals surface area contributed by atoms with Crippen LogP contribution in [0.1, 0.15) is 11.3 Å². The maximum atomic E-state index is 9.99. The molecule has 0 amide bonds. The predicted octanol–water partition coefficient (Wildman–Crippen LogP) is 3.41. The number of nitrogens with one attached hydrogen (secondary N) is 1. The Balaban J connectivity index is 1.85. The molecule has 3 rings (SSSR count). The number of furan rings is 1. The van der Waals surface area contributed by atoms with Crippen molar-refractivity contribution >= 4 is 17.4 Å². The lowest BCUT2D eigenvalue weighted by atomic mass is 10.2. The topological polar surface area (TPSA) is 83.5 Å². The smallest absolute Gasteiger partial charge is 0.139 e. The molecule has 1 aromatic carbocycles. The number of anilines is 1. The SMILES string of the molecule is Cc1occc1-c1cc(NCc2cccc(Cl)c2O)n(CCO)n1. The fraction of sp³-hybridized carbons (Fsp3) is 0.235. The summed E-state index contributed by atoms with van der Waals surface area (Å²) in [5.74, 6) is 1.58. The first kappa shape index (κ1) is 16.4. The molecule has 0 aliphatic heterocycles. The van der Waals surface area contributed by atoms with Crippen LogP contribution < -0.4 is 5.32 Å². The number of aryl methyl sites for hydroxylation is 1. The molecule has 0 bridgehead atoms. The number of aliphatic hydroxyl groups excluding tert-OH is 1. The summed E-state index contributed by atoms with van der Waals surface area (Å²) in [6, 6.07) is 8.95. The van der Waals surface area contributed by atoms with Crippen LogP contribution in [-0.4, -0.2) is 26.6 Å². The summed E-state index contributed by atoms with van der Waals surface area (Å²) < 4.78 is 7.00. The average Bonchev–Trinajstić information content (AvgIpc) is 3.15. The second kappa shape index (κ2) is 6.98. The van der Waals surface area contributed by atoms with Crippen molar-refractivity contribution in [2.75, 3.05) is 11.9 Å². The van der Waals surface area contributed by atoms with Gasteiger partial charge >= 0.3 is 0 Å². The highest BCUT2D eigenvalue weighted by Gasteiger charge is 2.13. The van der Waals surface area contributed by atoms with Crippen molar-refractivity contribution in [3.05, 3.63) is 52.9 Å². The van der Waals surface area contributed by atoms with Gasteiger partial charge in [-0.15, -0.1) is 0 Å². The van der Waals surface area contributed by atoms with Crippen LogP contribution in [-0.2, 0) is 13.1 Å². The fourth-order valence-corrected chi connectivity index (χ4v) is 2.69. The molecule has 0 aliphatic carbocycles. The van der Waals surface area contributed by atoms with Crippen LogP contribution in [0.4, 0.5) is 5.82 Å². The third-order valence-electron chi connectivity index (χ3n) is 3.76. The van der Waals surface area contributed by atoms with E-state index in [2.05, 4.69) is 10.4 Å². The Morgan fingerprint density at radius 3 is 2.88 bits per heavy atom. The quantitative estimate of drug-likeness (QED) is 0.636. The van der Waals surface area contributed by atoms with Crippen molar-refractivity contribution in [3.8, 4) is 17.0 Å². The number of benzene rings is 1. The molecule has 2 heterocycles. The first-order valence-corrected chi connectivity index (χ1v) is 7.91. The third kappa shape index (κ3) is 3.25. The van der Waals surface area contributed by atoms with Crippen molar-refractivity contribution in [1.29, 1.82) is 0 Å². The summed E-state index contributed by atoms with van der Waals surface area (Å²) in [7, 11) is 0. The van der Waals surface area contributed by atoms with Crippen LogP contribution in [0.3, 0.4) is 0 Å². The Morgan fingerprint density at radius 2 is 2.17 bits per heavy atom. The molecular formula is C17H18ClN3O3. The minimum atomic E-state index is -0.0252. The fourth-order valence-electron chi connectivity index (χ4n) is 2.50. The number of phenolic OH excluding ortho intramolecular Hbond substituents is 1. The largest absolute Gasteiger partial charge is 0.506 e. The predicted molar refractivity (Wildman–Crippen MR) is 92.2 cm³/mol. The second-order valence-corrected chi connectivity index (χ2v) is 5.76. The Bertz CT molecular complexity index is 841. The van der Waals surface area contributed by atoms with Crippen LogP contribution in [0, 0.1) is 6.92 Å². The lowest BCUT2D eigenvalue weighted by molar-refractivity contribution is 0.270. The van der Waals surface area contributed by atoms with Gasteiger partial charge in [0.15, 0.2) is 0 Å². The van der Waals surface area contributed by atoms with Crippen LogP contribution in [0.5, 0.6) is 5.75 Å². The summed E-state index contributed by atoms with van der Waals surface area (Å²) in [5.41, 5.74) is 2.34. The molecule has 0 aliphatic rings. The van der Waals surface area contributed by atoms with E-state index in [0.29, 0.717) is 23.7 Å². The van der Waals surface area contributed by atoms with E-state index in [1.165, 1.54) is 0 Å². The number of hydrogen-bond acceptors (Lipinski definition) is 5. The van der Waals surface area contributed by atoms with Gasteiger partial charge in [0.25, 0.3) is 0 Å². The molecule has 126 valence electrons. The number of hydrogen-bond donors (Lipinski definition) is 3. The summed E-state index contributed by atoms with van der Waals surface area (Å²) >= 11 is 5.93. The lowest BCUT2D eigenvalue weighted by Gasteiger charge is -2.10. The average molecular weight is 348 g/mol. The molecule has 0 fully saturated rings. The van der Waals surface area contributed by atoms with E-state index in [0.717, 1.165) is 22.8 Å². The van der Waals surface area contributed by atoms with Crippen molar-refractivity contribution in [2.45, 2.75) is 20.0 Å². The zero-order chi connectivity index (χ0) is 17.1. The maximum absolute atomic E-state index is 9.99. The Kier molecular flexibility index (Phi) is 4.78. The van der Waals surface area contributed by atoms with Crippen molar-refractivity contribution in [3.63, 3.8) is 0 Å². The van der Waals surface area contributed by atoms with Crippen molar-refractivity contribution < 1.29 is 14.6 Å². The van der Waals surface area contributed by atoms with Gasteiger partial charge in [0.05, 0.1) is 30.1 Å². The highest BCUT2D eigenvalue weighted by Crippen LogP contribution is 2.29. The molecule has 0 radical (unpaired) electrons. The van der Waals surface area contributed by atoms with E-state index in [9.17, 15) is 10.2 Å². The normalized spacial score (nSPS) is 11.0. The first-order valence-electron chi connectivity index (χ1n) is 7.53. The van der Waals surface area contributed by atoms with Crippen molar-refractivity contribution in [2.24, 2.45) is 0 Å². The molecule has 7 heteroatoms. The lowest BCUT2D eigenvalue weighted by Crippen LogP contribution is -2.10. The van der Waals surface area contributed by atoms with Gasteiger partial charge in [-0.05, 0) is 19.1 Å². The minimum Gasteiger partial charge on any atom is -0.506 e. The monoisotopic (exact) mass is 347 g/mol. The van der Waals surface area contributed by atoms with Gasteiger partial charge in [0.1, 0.15) is 17.3 Å². The molecule has 3 N–H and O–H groups in total. The highest BCUT2D eigenvalue weighted by molar-refractivity contribution is 6.32. The summed E-state index contributed by atoms with van der Waals surface area (Å²) in [4.78, 5) is 0. The van der Waals surface area contributed by atoms with Crippen LogP contribution in [0.2, 0.25) is 5.02 Å². The van der Waals surface area contributed by atoms with E-state index in [1.54, 1.807) is 29.1 Å². The second-order valence-electron chi connectivity index (χ2n) is 5.35. The molecule has 2 aromatic heterocycles. The number of aliphatic hydroxyl groups is 1. The summed E-state index contributed by atoms with van der Waals surface area (Å²) in [5, 5.41) is 27.3. The van der Waals surface area contributed by atoms with Gasteiger partial charge in [0.2, 0.25) is 0 Å². The van der Waals surface area contributed by atoms with E-state index < -0.39 is 0 Å². The molecule has 24 heavy (non-hydrogen) atoms. The van der Waals surface area contributed by atoms with Crippen LogP contribution in [0.25, 0.3) is 11.3 Å². The van der Waals surface area contributed by atoms with E-state index in [-0.39, 0.29) is 12.4 Å². The number of nitrogens with zero attached hydrogens (tertiary/aromatic N) is 2. The van der Waals surface area contributed by atoms with Gasteiger partial charge in [-0.3, -0.25) is 0 Å². The highest BCUT2D eigenvalue weighted by atomic mass is 35.5. The Hall–Kier alpha value is -2.44.